The smallest absolute Gasteiger partial charge is 0.404 e. The van der Waals surface area contributed by atoms with Crippen molar-refractivity contribution in [1.29, 1.82) is 0 Å². The van der Waals surface area contributed by atoms with Crippen LogP contribution < -0.4 is 5.32 Å². The molecule has 0 saturated carbocycles. The third kappa shape index (κ3) is 4.25. The zero-order valence-electron chi connectivity index (χ0n) is 14.3. The Morgan fingerprint density at radius 2 is 2.26 bits per heavy atom. The molecule has 27 heavy (non-hydrogen) atoms. The average Bonchev–Trinajstić information content (AvgIpc) is 3.27. The summed E-state index contributed by atoms with van der Waals surface area (Å²) in [6, 6.07) is 3.43. The van der Waals surface area contributed by atoms with Crippen LogP contribution in [0.1, 0.15) is 31.3 Å². The minimum absolute atomic E-state index is 0.182. The molecular weight excluding hydrogens is 438 g/mol. The van der Waals surface area contributed by atoms with Crippen molar-refractivity contribution in [2.45, 2.75) is 26.3 Å². The number of nitrogens with one attached hydrogen (secondary N) is 1. The number of nitro groups is 1. The fourth-order valence-electron chi connectivity index (χ4n) is 2.54. The van der Waals surface area contributed by atoms with Crippen molar-refractivity contribution in [2.24, 2.45) is 0 Å². The first kappa shape index (κ1) is 19.2. The first-order valence-electron chi connectivity index (χ1n) is 8.19. The Bertz CT molecular complexity index is 935. The van der Waals surface area contributed by atoms with Crippen LogP contribution in [-0.4, -0.2) is 37.2 Å². The molecule has 0 spiro atoms. The van der Waals surface area contributed by atoms with Crippen molar-refractivity contribution in [3.8, 4) is 0 Å². The van der Waals surface area contributed by atoms with Gasteiger partial charge in [-0.3, -0.25) is 9.69 Å². The summed E-state index contributed by atoms with van der Waals surface area (Å²) < 4.78 is 7.38. The van der Waals surface area contributed by atoms with Gasteiger partial charge in [0, 0.05) is 12.6 Å². The van der Waals surface area contributed by atoms with E-state index in [9.17, 15) is 14.9 Å². The Kier molecular flexibility index (Phi) is 5.71. The molecule has 1 fully saturated rings. The molecule has 0 bridgehead atoms. The molecule has 2 aromatic heterocycles. The van der Waals surface area contributed by atoms with E-state index in [1.54, 1.807) is 18.2 Å². The van der Waals surface area contributed by atoms with E-state index >= 15 is 0 Å². The molecule has 2 aromatic rings. The number of furan rings is 1. The van der Waals surface area contributed by atoms with Gasteiger partial charge in [-0.05, 0) is 51.6 Å². The molecule has 1 aliphatic rings. The summed E-state index contributed by atoms with van der Waals surface area (Å²) in [5.41, 5.74) is 0.356. The largest absolute Gasteiger partial charge is 0.460 e. The van der Waals surface area contributed by atoms with E-state index in [1.807, 2.05) is 6.92 Å². The maximum Gasteiger partial charge on any atom is 0.404 e. The number of carbonyl (C=O) groups is 1. The van der Waals surface area contributed by atoms with E-state index in [1.165, 1.54) is 15.8 Å². The second kappa shape index (κ2) is 8.01. The molecule has 142 valence electrons. The fraction of sp³-hybridized carbons (Fsp3) is 0.312. The summed E-state index contributed by atoms with van der Waals surface area (Å²) in [4.78, 5) is 24.2. The average molecular weight is 454 g/mol. The quantitative estimate of drug-likeness (QED) is 0.297. The minimum atomic E-state index is -0.566. The molecule has 0 aliphatic carbocycles. The highest BCUT2D eigenvalue weighted by Crippen LogP contribution is 2.23. The highest BCUT2D eigenvalue weighted by Gasteiger charge is 2.30. The monoisotopic (exact) mass is 453 g/mol. The molecular formula is C16H16BrN5O4S. The lowest BCUT2D eigenvalue weighted by atomic mass is 10.3. The number of thiocarbonyl (C=S) groups is 1. The maximum absolute atomic E-state index is 12.4. The van der Waals surface area contributed by atoms with E-state index in [2.05, 4.69) is 26.3 Å². The highest BCUT2D eigenvalue weighted by molar-refractivity contribution is 9.10. The number of nitrogens with zero attached hydrogens (tertiary/aromatic N) is 4. The molecule has 3 rings (SSSR count). The van der Waals surface area contributed by atoms with E-state index in [0.29, 0.717) is 33.3 Å². The SMILES string of the molecule is CCCCN1C(=O)/C(=C\c2ccc(Cn3cc(Br)c([N+](=O)[O-])n3)o2)NC1=S. The van der Waals surface area contributed by atoms with Gasteiger partial charge in [0.15, 0.2) is 5.11 Å². The maximum atomic E-state index is 12.4. The van der Waals surface area contributed by atoms with E-state index in [-0.39, 0.29) is 18.3 Å². The van der Waals surface area contributed by atoms with Crippen LogP contribution in [0, 0.1) is 10.1 Å². The van der Waals surface area contributed by atoms with E-state index in [4.69, 9.17) is 16.6 Å². The van der Waals surface area contributed by atoms with Crippen molar-refractivity contribution in [2.75, 3.05) is 6.54 Å². The third-order valence-electron chi connectivity index (χ3n) is 3.86. The Labute approximate surface area is 168 Å². The van der Waals surface area contributed by atoms with Crippen LogP contribution >= 0.6 is 28.1 Å². The van der Waals surface area contributed by atoms with Gasteiger partial charge in [-0.25, -0.2) is 0 Å². The zero-order valence-corrected chi connectivity index (χ0v) is 16.7. The normalized spacial score (nSPS) is 15.6. The van der Waals surface area contributed by atoms with Crippen molar-refractivity contribution in [3.05, 3.63) is 50.1 Å². The Morgan fingerprint density at radius 1 is 1.48 bits per heavy atom. The molecule has 0 radical (unpaired) electrons. The predicted octanol–water partition coefficient (Wildman–Crippen LogP) is 3.05. The van der Waals surface area contributed by atoms with Crippen LogP contribution in [0.5, 0.6) is 0 Å². The number of unbranched alkanes of at least 4 members (excludes halogenated alkanes) is 1. The van der Waals surface area contributed by atoms with Crippen molar-refractivity contribution in [3.63, 3.8) is 0 Å². The minimum Gasteiger partial charge on any atom is -0.460 e. The molecule has 1 aliphatic heterocycles. The number of halogens is 1. The molecule has 0 aromatic carbocycles. The molecule has 9 nitrogen and oxygen atoms in total. The molecule has 1 N–H and O–H groups in total. The van der Waals surface area contributed by atoms with Crippen LogP contribution in [0.4, 0.5) is 5.82 Å². The zero-order chi connectivity index (χ0) is 19.6. The number of hydrogen-bond donors (Lipinski definition) is 1. The van der Waals surface area contributed by atoms with Gasteiger partial charge in [-0.1, -0.05) is 13.3 Å². The predicted molar refractivity (Wildman–Crippen MR) is 105 cm³/mol. The summed E-state index contributed by atoms with van der Waals surface area (Å²) in [5, 5.41) is 18.0. The van der Waals surface area contributed by atoms with Crippen LogP contribution in [0.2, 0.25) is 0 Å². The van der Waals surface area contributed by atoms with Crippen LogP contribution in [0.15, 0.2) is 32.9 Å². The lowest BCUT2D eigenvalue weighted by Gasteiger charge is -2.12. The number of carbonyl (C=O) groups excluding carboxylic acids is 1. The number of rotatable bonds is 7. The van der Waals surface area contributed by atoms with Gasteiger partial charge < -0.3 is 19.8 Å². The van der Waals surface area contributed by atoms with Crippen molar-refractivity contribution in [1.82, 2.24) is 20.0 Å². The van der Waals surface area contributed by atoms with Gasteiger partial charge in [0.2, 0.25) is 0 Å². The molecule has 0 atom stereocenters. The van der Waals surface area contributed by atoms with Crippen LogP contribution in [-0.2, 0) is 11.3 Å². The Balaban J connectivity index is 1.72. The van der Waals surface area contributed by atoms with Gasteiger partial charge in [0.05, 0.1) is 11.3 Å². The summed E-state index contributed by atoms with van der Waals surface area (Å²) in [6.45, 7) is 2.85. The van der Waals surface area contributed by atoms with Crippen molar-refractivity contribution < 1.29 is 14.1 Å². The summed E-state index contributed by atoms with van der Waals surface area (Å²) in [5.74, 6) is 0.577. The van der Waals surface area contributed by atoms with Gasteiger partial charge in [-0.15, -0.1) is 0 Å². The number of hydrogen-bond acceptors (Lipinski definition) is 6. The van der Waals surface area contributed by atoms with Gasteiger partial charge in [0.25, 0.3) is 5.91 Å². The highest BCUT2D eigenvalue weighted by atomic mass is 79.9. The summed E-state index contributed by atoms with van der Waals surface area (Å²) in [6.07, 6.45) is 4.93. The lowest BCUT2D eigenvalue weighted by molar-refractivity contribution is -0.390. The van der Waals surface area contributed by atoms with Gasteiger partial charge in [0.1, 0.15) is 28.2 Å². The van der Waals surface area contributed by atoms with Gasteiger partial charge in [-0.2, -0.15) is 4.68 Å². The second-order valence-corrected chi connectivity index (χ2v) is 7.10. The summed E-state index contributed by atoms with van der Waals surface area (Å²) >= 11 is 8.31. The first-order valence-corrected chi connectivity index (χ1v) is 9.39. The Morgan fingerprint density at radius 3 is 2.93 bits per heavy atom. The lowest BCUT2D eigenvalue weighted by Crippen LogP contribution is -2.31. The number of aromatic nitrogens is 2. The molecule has 11 heteroatoms. The number of amides is 1. The van der Waals surface area contributed by atoms with E-state index < -0.39 is 4.92 Å². The first-order chi connectivity index (χ1) is 12.9. The topological polar surface area (TPSA) is 106 Å². The van der Waals surface area contributed by atoms with E-state index in [0.717, 1.165) is 12.8 Å². The van der Waals surface area contributed by atoms with Crippen molar-refractivity contribution >= 4 is 51.1 Å². The van der Waals surface area contributed by atoms with Gasteiger partial charge >= 0.3 is 5.82 Å². The van der Waals surface area contributed by atoms with Crippen LogP contribution in [0.3, 0.4) is 0 Å². The molecule has 1 saturated heterocycles. The molecule has 1 amide bonds. The Hall–Kier alpha value is -2.53. The summed E-state index contributed by atoms with van der Waals surface area (Å²) in [7, 11) is 0. The fourth-order valence-corrected chi connectivity index (χ4v) is 3.29. The van der Waals surface area contributed by atoms with Crippen LogP contribution in [0.25, 0.3) is 6.08 Å². The molecule has 0 unspecified atom stereocenters. The third-order valence-corrected chi connectivity index (χ3v) is 4.74. The second-order valence-electron chi connectivity index (χ2n) is 5.86. The standard InChI is InChI=1S/C16H16BrN5O4S/c1-2-3-6-21-15(23)13(18-16(21)27)7-10-4-5-11(26-10)8-20-9-12(17)14(19-20)22(24)25/h4-5,7,9H,2-3,6,8H2,1H3,(H,18,27)/b13-7+. The molecule has 3 heterocycles.